The topological polar surface area (TPSA) is 29.5 Å². The Balaban J connectivity index is 1.94. The van der Waals surface area contributed by atoms with E-state index in [0.29, 0.717) is 11.4 Å². The van der Waals surface area contributed by atoms with Crippen molar-refractivity contribution in [2.75, 3.05) is 5.06 Å². The first-order valence-electron chi connectivity index (χ1n) is 7.54. The SMILES string of the molecule is Cc1ccc(C(=O)ON(c2ccccc2)c2ccccc2)c(F)c1. The molecule has 0 radical (unpaired) electrons. The number of carbonyl (C=O) groups is 1. The van der Waals surface area contributed by atoms with Gasteiger partial charge >= 0.3 is 5.97 Å². The van der Waals surface area contributed by atoms with Gasteiger partial charge in [-0.3, -0.25) is 0 Å². The van der Waals surface area contributed by atoms with E-state index in [9.17, 15) is 9.18 Å². The van der Waals surface area contributed by atoms with Gasteiger partial charge in [-0.1, -0.05) is 42.5 Å². The second-order valence-corrected chi connectivity index (χ2v) is 5.33. The molecule has 3 nitrogen and oxygen atoms in total. The van der Waals surface area contributed by atoms with Crippen molar-refractivity contribution in [2.24, 2.45) is 0 Å². The van der Waals surface area contributed by atoms with Gasteiger partial charge in [0.2, 0.25) is 0 Å². The van der Waals surface area contributed by atoms with Crippen LogP contribution in [-0.2, 0) is 4.84 Å². The van der Waals surface area contributed by atoms with E-state index in [1.165, 1.54) is 17.2 Å². The van der Waals surface area contributed by atoms with Gasteiger partial charge in [-0.25, -0.2) is 9.18 Å². The summed E-state index contributed by atoms with van der Waals surface area (Å²) in [6.07, 6.45) is 0. The molecule has 24 heavy (non-hydrogen) atoms. The van der Waals surface area contributed by atoms with Crippen molar-refractivity contribution in [3.05, 3.63) is 95.8 Å². The molecular formula is C20H16FNO2. The molecule has 3 aromatic rings. The fourth-order valence-corrected chi connectivity index (χ4v) is 2.30. The van der Waals surface area contributed by atoms with Crippen LogP contribution in [0.2, 0.25) is 0 Å². The van der Waals surface area contributed by atoms with Gasteiger partial charge in [-0.15, -0.1) is 0 Å². The molecule has 0 bridgehead atoms. The molecule has 0 aliphatic rings. The van der Waals surface area contributed by atoms with Crippen molar-refractivity contribution in [3.63, 3.8) is 0 Å². The number of para-hydroxylation sites is 2. The van der Waals surface area contributed by atoms with Crippen LogP contribution in [0.4, 0.5) is 15.8 Å². The maximum Gasteiger partial charge on any atom is 0.366 e. The molecule has 0 amide bonds. The predicted octanol–water partition coefficient (Wildman–Crippen LogP) is 5.04. The minimum absolute atomic E-state index is 0.0996. The van der Waals surface area contributed by atoms with Crippen molar-refractivity contribution in [1.29, 1.82) is 0 Å². The highest BCUT2D eigenvalue weighted by Gasteiger charge is 2.19. The molecule has 0 aliphatic carbocycles. The Kier molecular flexibility index (Phi) is 4.57. The van der Waals surface area contributed by atoms with E-state index in [4.69, 9.17) is 4.84 Å². The molecule has 0 unspecified atom stereocenters. The lowest BCUT2D eigenvalue weighted by Crippen LogP contribution is -2.23. The Hall–Kier alpha value is -3.14. The van der Waals surface area contributed by atoms with E-state index < -0.39 is 11.8 Å². The van der Waals surface area contributed by atoms with E-state index in [1.54, 1.807) is 13.0 Å². The normalized spacial score (nSPS) is 10.2. The van der Waals surface area contributed by atoms with Crippen LogP contribution < -0.4 is 5.06 Å². The van der Waals surface area contributed by atoms with Gasteiger partial charge in [0, 0.05) is 0 Å². The number of benzene rings is 3. The number of aryl methyl sites for hydroxylation is 1. The standard InChI is InChI=1S/C20H16FNO2/c1-15-12-13-18(19(21)14-15)20(23)24-22(16-8-4-2-5-9-16)17-10-6-3-7-11-17/h2-14H,1H3. The summed E-state index contributed by atoms with van der Waals surface area (Å²) in [4.78, 5) is 17.9. The zero-order valence-corrected chi connectivity index (χ0v) is 13.1. The molecular weight excluding hydrogens is 305 g/mol. The molecule has 120 valence electrons. The maximum atomic E-state index is 14.0. The van der Waals surface area contributed by atoms with Gasteiger partial charge in [0.05, 0.1) is 16.9 Å². The predicted molar refractivity (Wildman–Crippen MR) is 91.6 cm³/mol. The van der Waals surface area contributed by atoms with Gasteiger partial charge in [-0.2, -0.15) is 5.06 Å². The summed E-state index contributed by atoms with van der Waals surface area (Å²) in [7, 11) is 0. The monoisotopic (exact) mass is 321 g/mol. The number of hydrogen-bond acceptors (Lipinski definition) is 3. The zero-order valence-electron chi connectivity index (χ0n) is 13.1. The largest absolute Gasteiger partial charge is 0.366 e. The third-order valence-corrected chi connectivity index (χ3v) is 3.50. The van der Waals surface area contributed by atoms with E-state index in [2.05, 4.69) is 0 Å². The van der Waals surface area contributed by atoms with Gasteiger partial charge < -0.3 is 4.84 Å². The molecule has 0 atom stereocenters. The van der Waals surface area contributed by atoms with Gasteiger partial charge in [0.15, 0.2) is 0 Å². The highest BCUT2D eigenvalue weighted by Crippen LogP contribution is 2.26. The van der Waals surface area contributed by atoms with Crippen molar-refractivity contribution in [3.8, 4) is 0 Å². The lowest BCUT2D eigenvalue weighted by atomic mass is 10.1. The van der Waals surface area contributed by atoms with Crippen LogP contribution in [0.25, 0.3) is 0 Å². The summed E-state index contributed by atoms with van der Waals surface area (Å²) in [5.74, 6) is -1.35. The fraction of sp³-hybridized carbons (Fsp3) is 0.0500. The smallest absolute Gasteiger partial charge is 0.330 e. The van der Waals surface area contributed by atoms with E-state index in [-0.39, 0.29) is 5.56 Å². The van der Waals surface area contributed by atoms with Crippen molar-refractivity contribution < 1.29 is 14.0 Å². The number of rotatable bonds is 4. The summed E-state index contributed by atoms with van der Waals surface area (Å²) in [6.45, 7) is 1.76. The summed E-state index contributed by atoms with van der Waals surface area (Å²) >= 11 is 0. The van der Waals surface area contributed by atoms with Crippen LogP contribution in [0.1, 0.15) is 15.9 Å². The molecule has 0 aliphatic heterocycles. The van der Waals surface area contributed by atoms with E-state index in [0.717, 1.165) is 5.56 Å². The summed E-state index contributed by atoms with van der Waals surface area (Å²) < 4.78 is 14.0. The number of halogens is 1. The molecule has 3 rings (SSSR count). The lowest BCUT2D eigenvalue weighted by Gasteiger charge is -2.23. The van der Waals surface area contributed by atoms with Crippen LogP contribution in [0, 0.1) is 12.7 Å². The molecule has 0 N–H and O–H groups in total. The molecule has 0 aromatic heterocycles. The Labute approximate surface area is 139 Å². The Morgan fingerprint density at radius 2 is 1.42 bits per heavy atom. The average Bonchev–Trinajstić information content (AvgIpc) is 2.61. The van der Waals surface area contributed by atoms with E-state index in [1.807, 2.05) is 60.7 Å². The molecule has 0 spiro atoms. The van der Waals surface area contributed by atoms with Crippen LogP contribution in [-0.4, -0.2) is 5.97 Å². The number of hydrogen-bond donors (Lipinski definition) is 0. The van der Waals surface area contributed by atoms with Crippen LogP contribution in [0.5, 0.6) is 0 Å². The molecule has 0 saturated heterocycles. The molecule has 4 heteroatoms. The second-order valence-electron chi connectivity index (χ2n) is 5.33. The van der Waals surface area contributed by atoms with Crippen LogP contribution >= 0.6 is 0 Å². The quantitative estimate of drug-likeness (QED) is 0.630. The summed E-state index contributed by atoms with van der Waals surface area (Å²) in [6, 6.07) is 22.8. The lowest BCUT2D eigenvalue weighted by molar-refractivity contribution is 0.0499. The zero-order chi connectivity index (χ0) is 16.9. The van der Waals surface area contributed by atoms with E-state index >= 15 is 0 Å². The van der Waals surface area contributed by atoms with Gasteiger partial charge in [0.1, 0.15) is 5.82 Å². The van der Waals surface area contributed by atoms with Gasteiger partial charge in [-0.05, 0) is 48.9 Å². The first-order valence-corrected chi connectivity index (χ1v) is 7.54. The highest BCUT2D eigenvalue weighted by molar-refractivity contribution is 5.91. The Morgan fingerprint density at radius 3 is 1.92 bits per heavy atom. The molecule has 3 aromatic carbocycles. The molecule has 0 saturated carbocycles. The number of carbonyl (C=O) groups excluding carboxylic acids is 1. The number of nitrogens with zero attached hydrogens (tertiary/aromatic N) is 1. The van der Waals surface area contributed by atoms with Crippen molar-refractivity contribution >= 4 is 17.3 Å². The van der Waals surface area contributed by atoms with Crippen molar-refractivity contribution in [2.45, 2.75) is 6.92 Å². The minimum atomic E-state index is -0.750. The fourth-order valence-electron chi connectivity index (χ4n) is 2.30. The Morgan fingerprint density at radius 1 is 0.875 bits per heavy atom. The summed E-state index contributed by atoms with van der Waals surface area (Å²) in [5, 5.41) is 1.39. The third kappa shape index (κ3) is 3.43. The third-order valence-electron chi connectivity index (χ3n) is 3.50. The number of anilines is 2. The highest BCUT2D eigenvalue weighted by atomic mass is 19.1. The van der Waals surface area contributed by atoms with Crippen molar-refractivity contribution in [1.82, 2.24) is 0 Å². The first kappa shape index (κ1) is 15.7. The van der Waals surface area contributed by atoms with Gasteiger partial charge in [0.25, 0.3) is 0 Å². The average molecular weight is 321 g/mol. The molecule has 0 heterocycles. The maximum absolute atomic E-state index is 14.0. The molecule has 0 fully saturated rings. The van der Waals surface area contributed by atoms with Crippen LogP contribution in [0.15, 0.2) is 78.9 Å². The second kappa shape index (κ2) is 6.96. The minimum Gasteiger partial charge on any atom is -0.330 e. The van der Waals surface area contributed by atoms with Crippen LogP contribution in [0.3, 0.4) is 0 Å². The Bertz CT molecular complexity index is 795. The first-order chi connectivity index (χ1) is 11.6. The summed E-state index contributed by atoms with van der Waals surface area (Å²) in [5.41, 5.74) is 1.98.